The molecule has 2 N–H and O–H groups in total. The largest absolute Gasteiger partial charge is 0.493 e. The molecule has 0 saturated heterocycles. The second-order valence-corrected chi connectivity index (χ2v) is 10.5. The van der Waals surface area contributed by atoms with Crippen molar-refractivity contribution in [2.24, 2.45) is 0 Å². The van der Waals surface area contributed by atoms with E-state index in [1.165, 1.54) is 7.11 Å². The van der Waals surface area contributed by atoms with Gasteiger partial charge in [0, 0.05) is 27.5 Å². The van der Waals surface area contributed by atoms with Gasteiger partial charge in [0.1, 0.15) is 6.61 Å². The van der Waals surface area contributed by atoms with Gasteiger partial charge in [-0.15, -0.1) is 0 Å². The van der Waals surface area contributed by atoms with Crippen LogP contribution in [0, 0.1) is 0 Å². The summed E-state index contributed by atoms with van der Waals surface area (Å²) in [6.45, 7) is 6.73. The van der Waals surface area contributed by atoms with Gasteiger partial charge in [-0.25, -0.2) is 0 Å². The van der Waals surface area contributed by atoms with E-state index in [0.29, 0.717) is 45.6 Å². The number of hydrogen-bond acceptors (Lipinski definition) is 4. The monoisotopic (exact) mass is 542 g/mol. The summed E-state index contributed by atoms with van der Waals surface area (Å²) in [6, 6.07) is 26.9. The summed E-state index contributed by atoms with van der Waals surface area (Å²) in [7, 11) is 1.53. The molecule has 0 aliphatic heterocycles. The predicted octanol–water partition coefficient (Wildman–Crippen LogP) is 7.73. The normalized spacial score (nSPS) is 11.0. The molecule has 39 heavy (non-hydrogen) atoms. The van der Waals surface area contributed by atoms with Crippen LogP contribution in [0.1, 0.15) is 52.6 Å². The van der Waals surface area contributed by atoms with Gasteiger partial charge in [-0.05, 0) is 83.3 Å². The lowest BCUT2D eigenvalue weighted by atomic mass is 9.87. The first kappa shape index (κ1) is 27.7. The number of halogens is 1. The second kappa shape index (κ2) is 12.0. The fourth-order valence-electron chi connectivity index (χ4n) is 3.83. The molecule has 0 atom stereocenters. The summed E-state index contributed by atoms with van der Waals surface area (Å²) in [5.74, 6) is 0.480. The van der Waals surface area contributed by atoms with E-state index < -0.39 is 0 Å². The van der Waals surface area contributed by atoms with Crippen LogP contribution >= 0.6 is 11.6 Å². The Kier molecular flexibility index (Phi) is 8.57. The van der Waals surface area contributed by atoms with Crippen LogP contribution in [0.15, 0.2) is 91.0 Å². The molecule has 0 unspecified atom stereocenters. The highest BCUT2D eigenvalue weighted by Gasteiger charge is 2.15. The van der Waals surface area contributed by atoms with E-state index in [-0.39, 0.29) is 17.2 Å². The Morgan fingerprint density at radius 2 is 1.26 bits per heavy atom. The van der Waals surface area contributed by atoms with Crippen molar-refractivity contribution >= 4 is 34.8 Å². The number of anilines is 2. The molecule has 4 aromatic carbocycles. The lowest BCUT2D eigenvalue weighted by Gasteiger charge is -2.19. The van der Waals surface area contributed by atoms with E-state index in [1.807, 2.05) is 36.4 Å². The quantitative estimate of drug-likeness (QED) is 0.239. The van der Waals surface area contributed by atoms with Crippen LogP contribution in [0.2, 0.25) is 5.02 Å². The van der Waals surface area contributed by atoms with Crippen LogP contribution in [-0.4, -0.2) is 18.9 Å². The van der Waals surface area contributed by atoms with Crippen LogP contribution in [0.4, 0.5) is 11.4 Å². The zero-order valence-electron chi connectivity index (χ0n) is 22.4. The third-order valence-corrected chi connectivity index (χ3v) is 6.40. The summed E-state index contributed by atoms with van der Waals surface area (Å²) in [5.41, 5.74) is 4.36. The molecule has 7 heteroatoms. The van der Waals surface area contributed by atoms with Gasteiger partial charge in [0.05, 0.1) is 7.11 Å². The van der Waals surface area contributed by atoms with Gasteiger partial charge in [0.15, 0.2) is 11.5 Å². The fourth-order valence-corrected chi connectivity index (χ4v) is 3.96. The van der Waals surface area contributed by atoms with Gasteiger partial charge in [-0.1, -0.05) is 56.6 Å². The number of benzene rings is 4. The number of carbonyl (C=O) groups excluding carboxylic acids is 2. The zero-order valence-corrected chi connectivity index (χ0v) is 23.1. The number of methoxy groups -OCH3 is 1. The van der Waals surface area contributed by atoms with Crippen LogP contribution in [0.25, 0.3) is 0 Å². The molecular formula is C32H31ClN2O4. The smallest absolute Gasteiger partial charge is 0.255 e. The summed E-state index contributed by atoms with van der Waals surface area (Å²) in [6.07, 6.45) is 0. The maximum Gasteiger partial charge on any atom is 0.255 e. The Bertz CT molecular complexity index is 1440. The van der Waals surface area contributed by atoms with Crippen molar-refractivity contribution in [3.63, 3.8) is 0 Å². The maximum absolute atomic E-state index is 12.9. The Hall–Kier alpha value is -4.29. The van der Waals surface area contributed by atoms with Gasteiger partial charge in [-0.3, -0.25) is 9.59 Å². The average molecular weight is 543 g/mol. The van der Waals surface area contributed by atoms with Crippen molar-refractivity contribution in [1.82, 2.24) is 0 Å². The number of hydrogen-bond donors (Lipinski definition) is 2. The van der Waals surface area contributed by atoms with Crippen molar-refractivity contribution in [3.8, 4) is 11.5 Å². The van der Waals surface area contributed by atoms with Crippen LogP contribution in [0.5, 0.6) is 11.5 Å². The van der Waals surface area contributed by atoms with Crippen molar-refractivity contribution < 1.29 is 19.1 Å². The van der Waals surface area contributed by atoms with Gasteiger partial charge >= 0.3 is 0 Å². The fraction of sp³-hybridized carbons (Fsp3) is 0.188. The minimum Gasteiger partial charge on any atom is -0.493 e. The van der Waals surface area contributed by atoms with Crippen LogP contribution < -0.4 is 20.1 Å². The van der Waals surface area contributed by atoms with Gasteiger partial charge < -0.3 is 20.1 Å². The molecule has 0 heterocycles. The highest BCUT2D eigenvalue weighted by Crippen LogP contribution is 2.29. The number of amides is 2. The van der Waals surface area contributed by atoms with Gasteiger partial charge in [0.25, 0.3) is 11.8 Å². The first-order valence-electron chi connectivity index (χ1n) is 12.5. The summed E-state index contributed by atoms with van der Waals surface area (Å²) in [5, 5.41) is 6.41. The average Bonchev–Trinajstić information content (AvgIpc) is 2.93. The first-order chi connectivity index (χ1) is 18.6. The molecule has 0 radical (unpaired) electrons. The Morgan fingerprint density at radius 3 is 1.79 bits per heavy atom. The summed E-state index contributed by atoms with van der Waals surface area (Å²) >= 11 is 5.93. The van der Waals surface area contributed by atoms with Crippen molar-refractivity contribution in [2.75, 3.05) is 17.7 Å². The Balaban J connectivity index is 1.35. The van der Waals surface area contributed by atoms with Crippen molar-refractivity contribution in [3.05, 3.63) is 118 Å². The third-order valence-electron chi connectivity index (χ3n) is 6.15. The van der Waals surface area contributed by atoms with Gasteiger partial charge in [-0.2, -0.15) is 0 Å². The molecule has 0 spiro atoms. The number of carbonyl (C=O) groups is 2. The topological polar surface area (TPSA) is 76.7 Å². The molecule has 6 nitrogen and oxygen atoms in total. The van der Waals surface area contributed by atoms with E-state index >= 15 is 0 Å². The van der Waals surface area contributed by atoms with E-state index in [9.17, 15) is 9.59 Å². The molecule has 2 amide bonds. The SMILES string of the molecule is COc1cc(C(=O)Nc2ccc(NC(=O)c3ccc(C(C)(C)C)cc3)cc2)ccc1OCc1ccc(Cl)cc1. The Labute approximate surface area is 233 Å². The van der Waals surface area contributed by atoms with Crippen molar-refractivity contribution in [2.45, 2.75) is 32.8 Å². The van der Waals surface area contributed by atoms with Crippen LogP contribution in [-0.2, 0) is 12.0 Å². The van der Waals surface area contributed by atoms with E-state index in [2.05, 4.69) is 31.4 Å². The molecule has 4 rings (SSSR count). The minimum absolute atomic E-state index is 0.0220. The maximum atomic E-state index is 12.9. The molecule has 0 aliphatic carbocycles. The first-order valence-corrected chi connectivity index (χ1v) is 12.9. The molecule has 4 aromatic rings. The second-order valence-electron chi connectivity index (χ2n) is 10.1. The van der Waals surface area contributed by atoms with Crippen LogP contribution in [0.3, 0.4) is 0 Å². The molecule has 0 bridgehead atoms. The molecule has 200 valence electrons. The number of ether oxygens (including phenoxy) is 2. The predicted molar refractivity (Wildman–Crippen MR) is 156 cm³/mol. The molecule has 0 aromatic heterocycles. The summed E-state index contributed by atoms with van der Waals surface area (Å²) in [4.78, 5) is 25.5. The lowest BCUT2D eigenvalue weighted by Crippen LogP contribution is -2.14. The number of rotatable bonds is 8. The highest BCUT2D eigenvalue weighted by atomic mass is 35.5. The number of nitrogens with one attached hydrogen (secondary N) is 2. The van der Waals surface area contributed by atoms with E-state index in [1.54, 1.807) is 54.6 Å². The summed E-state index contributed by atoms with van der Waals surface area (Å²) < 4.78 is 11.3. The van der Waals surface area contributed by atoms with Crippen molar-refractivity contribution in [1.29, 1.82) is 0 Å². The molecule has 0 aliphatic rings. The highest BCUT2D eigenvalue weighted by molar-refractivity contribution is 6.30. The van der Waals surface area contributed by atoms with E-state index in [4.69, 9.17) is 21.1 Å². The lowest BCUT2D eigenvalue weighted by molar-refractivity contribution is 0.101. The Morgan fingerprint density at radius 1 is 0.718 bits per heavy atom. The molecule has 0 saturated carbocycles. The van der Waals surface area contributed by atoms with E-state index in [0.717, 1.165) is 11.1 Å². The third kappa shape index (κ3) is 7.39. The van der Waals surface area contributed by atoms with Gasteiger partial charge in [0.2, 0.25) is 0 Å². The minimum atomic E-state index is -0.298. The standard InChI is InChI=1S/C32H31ClN2O4/c1-32(2,3)24-10-7-22(8-11-24)30(36)34-26-14-16-27(17-15-26)35-31(37)23-9-18-28(29(19-23)38-4)39-20-21-5-12-25(33)13-6-21/h5-19H,20H2,1-4H3,(H,34,36)(H,35,37). The molecule has 0 fully saturated rings. The zero-order chi connectivity index (χ0) is 28.0. The molecular weight excluding hydrogens is 512 g/mol.